The minimum Gasteiger partial charge on any atom is -0.508 e. The summed E-state index contributed by atoms with van der Waals surface area (Å²) in [5.41, 5.74) is 4.69. The van der Waals surface area contributed by atoms with Crippen LogP contribution in [-0.4, -0.2) is 18.6 Å². The molecule has 312 valence electrons. The highest BCUT2D eigenvalue weighted by Crippen LogP contribution is 2.65. The average molecular weight is 889 g/mol. The lowest BCUT2D eigenvalue weighted by Gasteiger charge is -2.35. The minimum absolute atomic E-state index is 0.00934. The molecule has 4 atom stereocenters. The van der Waals surface area contributed by atoms with Crippen molar-refractivity contribution in [1.82, 2.24) is 0 Å². The number of phenols is 2. The molecule has 0 spiro atoms. The van der Waals surface area contributed by atoms with E-state index in [-0.39, 0.29) is 21.3 Å². The fraction of sp³-hybridized carbons (Fsp3) is 0.0400. The molecule has 10 rings (SSSR count). The van der Waals surface area contributed by atoms with Crippen molar-refractivity contribution in [3.05, 3.63) is 205 Å². The quantitative estimate of drug-likeness (QED) is 0.0977. The second kappa shape index (κ2) is 15.7. The van der Waals surface area contributed by atoms with E-state index in [0.717, 1.165) is 22.3 Å². The molecule has 8 aromatic rings. The van der Waals surface area contributed by atoms with Gasteiger partial charge in [0, 0.05) is 33.6 Å². The zero-order valence-electron chi connectivity index (χ0n) is 33.3. The number of fused-ring (bicyclic) bond motifs is 6. The van der Waals surface area contributed by atoms with Crippen LogP contribution in [0, 0.1) is 0 Å². The molecule has 0 aliphatic carbocycles. The van der Waals surface area contributed by atoms with Crippen molar-refractivity contribution in [2.24, 2.45) is 0 Å². The molecular weight excluding hydrogens is 851 g/mol. The highest BCUT2D eigenvalue weighted by Gasteiger charge is 2.46. The number of hydrogen-bond donors (Lipinski definition) is 4. The third-order valence-electron chi connectivity index (χ3n) is 11.4. The first-order valence-electron chi connectivity index (χ1n) is 20.1. The second-order valence-corrected chi connectivity index (χ2v) is 21.9. The molecule has 0 amide bonds. The number of para-hydroxylation sites is 4. The van der Waals surface area contributed by atoms with E-state index in [2.05, 4.69) is 10.6 Å². The third kappa shape index (κ3) is 6.95. The second-order valence-electron chi connectivity index (χ2n) is 15.2. The predicted octanol–water partition coefficient (Wildman–Crippen LogP) is 11.5. The van der Waals surface area contributed by atoms with Crippen molar-refractivity contribution in [2.45, 2.75) is 21.4 Å². The molecule has 2 heterocycles. The van der Waals surface area contributed by atoms with Gasteiger partial charge in [-0.3, -0.25) is 9.13 Å². The van der Waals surface area contributed by atoms with Gasteiger partial charge in [-0.15, -0.1) is 0 Å². The van der Waals surface area contributed by atoms with Crippen molar-refractivity contribution < 1.29 is 36.8 Å². The Bertz CT molecular complexity index is 3060. The van der Waals surface area contributed by atoms with Crippen molar-refractivity contribution in [3.63, 3.8) is 0 Å². The first-order chi connectivity index (χ1) is 30.5. The summed E-state index contributed by atoms with van der Waals surface area (Å²) >= 11 is 0. The van der Waals surface area contributed by atoms with Crippen LogP contribution in [0.15, 0.2) is 204 Å². The number of aromatic hydroxyl groups is 2. The van der Waals surface area contributed by atoms with E-state index in [4.69, 9.17) is 9.05 Å². The standard InChI is InChI=1S/C50H38N2O8P2S/c53-43-19-7-1-17-41(43)49(61(55)47-23-11-5-15-39(47)37-13-3-9-21-45(37)59-61)51-33-25-29-35(30-26-33)63(57,58)36-31-27-34(28-32-36)52-50(42-18-2-8-20-44(42)54)62(56)48-24-12-6-16-40(48)38-14-4-10-22-46(38)60-62/h1-32,49-54H. The first-order valence-corrected chi connectivity index (χ1v) is 24.9. The molecule has 0 saturated heterocycles. The highest BCUT2D eigenvalue weighted by atomic mass is 32.2. The molecule has 0 fully saturated rings. The van der Waals surface area contributed by atoms with Gasteiger partial charge in [0.1, 0.15) is 34.6 Å². The van der Waals surface area contributed by atoms with Gasteiger partial charge in [0.2, 0.25) is 9.84 Å². The van der Waals surface area contributed by atoms with Crippen molar-refractivity contribution in [2.75, 3.05) is 10.6 Å². The van der Waals surface area contributed by atoms with Gasteiger partial charge in [-0.1, -0.05) is 109 Å². The Kier molecular flexibility index (Phi) is 9.99. The Morgan fingerprint density at radius 2 is 0.746 bits per heavy atom. The number of rotatable bonds is 10. The lowest BCUT2D eigenvalue weighted by atomic mass is 10.0. The fourth-order valence-electron chi connectivity index (χ4n) is 8.30. The summed E-state index contributed by atoms with van der Waals surface area (Å²) in [6, 6.07) is 54.8. The lowest BCUT2D eigenvalue weighted by Crippen LogP contribution is -2.26. The summed E-state index contributed by atoms with van der Waals surface area (Å²) < 4.78 is 71.7. The Morgan fingerprint density at radius 3 is 1.14 bits per heavy atom. The maximum Gasteiger partial charge on any atom is 0.304 e. The topological polar surface area (TPSA) is 151 Å². The molecule has 13 heteroatoms. The number of sulfone groups is 1. The van der Waals surface area contributed by atoms with E-state index in [1.807, 2.05) is 60.7 Å². The molecule has 4 N–H and O–H groups in total. The number of benzene rings is 8. The molecule has 0 radical (unpaired) electrons. The van der Waals surface area contributed by atoms with E-state index in [0.29, 0.717) is 44.6 Å². The fourth-order valence-corrected chi connectivity index (χ4v) is 14.9. The van der Waals surface area contributed by atoms with Crippen molar-refractivity contribution in [3.8, 4) is 45.3 Å². The Labute approximate surface area is 364 Å². The number of hydrogen-bond acceptors (Lipinski definition) is 10. The van der Waals surface area contributed by atoms with Crippen LogP contribution in [0.1, 0.15) is 22.7 Å². The van der Waals surface area contributed by atoms with Gasteiger partial charge in [0.25, 0.3) is 0 Å². The monoisotopic (exact) mass is 888 g/mol. The molecule has 8 aromatic carbocycles. The number of phenolic OH excluding ortho intramolecular Hbond substituents is 2. The van der Waals surface area contributed by atoms with Gasteiger partial charge in [-0.2, -0.15) is 0 Å². The number of nitrogens with one attached hydrogen (secondary N) is 2. The summed E-state index contributed by atoms with van der Waals surface area (Å²) in [5, 5.41) is 29.8. The maximum atomic E-state index is 15.4. The summed E-state index contributed by atoms with van der Waals surface area (Å²) in [6.07, 6.45) is 0. The van der Waals surface area contributed by atoms with Crippen LogP contribution in [0.5, 0.6) is 23.0 Å². The number of anilines is 2. The summed E-state index contributed by atoms with van der Waals surface area (Å²) in [7, 11) is -11.8. The minimum atomic E-state index is -4.05. The van der Waals surface area contributed by atoms with Crippen LogP contribution >= 0.6 is 14.7 Å². The van der Waals surface area contributed by atoms with Crippen LogP contribution in [0.2, 0.25) is 0 Å². The molecule has 0 saturated carbocycles. The molecule has 4 unspecified atom stereocenters. The third-order valence-corrected chi connectivity index (χ3v) is 18.4. The summed E-state index contributed by atoms with van der Waals surface area (Å²) in [4.78, 5) is 0.0187. The average Bonchev–Trinajstić information content (AvgIpc) is 3.31. The van der Waals surface area contributed by atoms with E-state index in [9.17, 15) is 18.6 Å². The van der Waals surface area contributed by atoms with E-state index in [1.54, 1.807) is 97.1 Å². The van der Waals surface area contributed by atoms with Gasteiger partial charge in [-0.25, -0.2) is 8.42 Å². The van der Waals surface area contributed by atoms with Crippen LogP contribution < -0.4 is 30.3 Å². The normalized spacial score (nSPS) is 18.2. The zero-order chi connectivity index (χ0) is 43.3. The van der Waals surface area contributed by atoms with E-state index in [1.165, 1.54) is 36.4 Å². The van der Waals surface area contributed by atoms with E-state index >= 15 is 9.13 Å². The summed E-state index contributed by atoms with van der Waals surface area (Å²) in [5.74, 6) is -1.38. The molecule has 63 heavy (non-hydrogen) atoms. The highest BCUT2D eigenvalue weighted by molar-refractivity contribution is 7.91. The largest absolute Gasteiger partial charge is 0.508 e. The maximum absolute atomic E-state index is 15.4. The van der Waals surface area contributed by atoms with Crippen LogP contribution in [0.4, 0.5) is 11.4 Å². The first kappa shape index (κ1) is 40.1. The lowest BCUT2D eigenvalue weighted by molar-refractivity contribution is 0.458. The Balaban J connectivity index is 0.946. The van der Waals surface area contributed by atoms with Gasteiger partial charge >= 0.3 is 14.7 Å². The van der Waals surface area contributed by atoms with Crippen molar-refractivity contribution in [1.29, 1.82) is 0 Å². The molecule has 0 bridgehead atoms. The van der Waals surface area contributed by atoms with E-state index < -0.39 is 36.1 Å². The Morgan fingerprint density at radius 1 is 0.413 bits per heavy atom. The zero-order valence-corrected chi connectivity index (χ0v) is 35.9. The molecule has 10 nitrogen and oxygen atoms in total. The van der Waals surface area contributed by atoms with Gasteiger partial charge in [0.15, 0.2) is 0 Å². The molecule has 2 aliphatic rings. The smallest absolute Gasteiger partial charge is 0.304 e. The van der Waals surface area contributed by atoms with Crippen LogP contribution in [0.25, 0.3) is 22.3 Å². The molecule has 2 aliphatic heterocycles. The van der Waals surface area contributed by atoms with Gasteiger partial charge < -0.3 is 29.9 Å². The SMILES string of the molecule is O=P1(C(Nc2ccc(S(=O)(=O)c3ccc(NC(c4ccccc4O)P4(=O)Oc5ccccc5-c5ccccc54)cc3)cc2)c2ccccc2O)Oc2ccccc2-c2ccccc21. The van der Waals surface area contributed by atoms with Crippen LogP contribution in [0.3, 0.4) is 0 Å². The predicted molar refractivity (Wildman–Crippen MR) is 247 cm³/mol. The van der Waals surface area contributed by atoms with Gasteiger partial charge in [-0.05, 0) is 96.1 Å². The van der Waals surface area contributed by atoms with Crippen molar-refractivity contribution >= 4 is 46.6 Å². The van der Waals surface area contributed by atoms with Crippen LogP contribution in [-0.2, 0) is 19.0 Å². The molecule has 0 aromatic heterocycles. The summed E-state index contributed by atoms with van der Waals surface area (Å²) in [6.45, 7) is 0. The Hall–Kier alpha value is -7.03. The molecular formula is C50H38N2O8P2S. The van der Waals surface area contributed by atoms with Gasteiger partial charge in [0.05, 0.1) is 20.4 Å².